The molecule has 2 nitrogen and oxygen atoms in total. The van der Waals surface area contributed by atoms with Gasteiger partial charge in [-0.05, 0) is 45.1 Å². The molecule has 2 aliphatic rings. The zero-order chi connectivity index (χ0) is 12.8. The number of hydrogen-bond acceptors (Lipinski definition) is 2. The van der Waals surface area contributed by atoms with E-state index in [9.17, 15) is 4.79 Å². The van der Waals surface area contributed by atoms with E-state index in [1.165, 1.54) is 5.56 Å². The summed E-state index contributed by atoms with van der Waals surface area (Å²) in [6.07, 6.45) is 4.24. The van der Waals surface area contributed by atoms with E-state index in [0.717, 1.165) is 31.2 Å². The molecule has 0 spiro atoms. The average Bonchev–Trinajstić information content (AvgIpc) is 2.82. The third kappa shape index (κ3) is 2.10. The maximum absolute atomic E-state index is 12.3. The minimum Gasteiger partial charge on any atom is -0.372 e. The lowest BCUT2D eigenvalue weighted by molar-refractivity contribution is -0.0231. The monoisotopic (exact) mass is 244 g/mol. The molecule has 0 aromatic heterocycles. The number of ketones is 1. The summed E-state index contributed by atoms with van der Waals surface area (Å²) in [6, 6.07) is 8.00. The zero-order valence-electron chi connectivity index (χ0n) is 11.1. The molecule has 2 heteroatoms. The minimum atomic E-state index is -0.000824. The summed E-state index contributed by atoms with van der Waals surface area (Å²) in [4.78, 5) is 12.3. The largest absolute Gasteiger partial charge is 0.372 e. The first kappa shape index (κ1) is 11.9. The topological polar surface area (TPSA) is 26.3 Å². The van der Waals surface area contributed by atoms with Crippen LogP contribution in [0.3, 0.4) is 0 Å². The molecule has 0 saturated carbocycles. The number of fused-ring (bicyclic) bond motifs is 1. The summed E-state index contributed by atoms with van der Waals surface area (Å²) >= 11 is 0. The molecule has 0 bridgehead atoms. The van der Waals surface area contributed by atoms with Crippen molar-refractivity contribution in [3.8, 4) is 0 Å². The second-order valence-electron chi connectivity index (χ2n) is 6.20. The van der Waals surface area contributed by atoms with Crippen molar-refractivity contribution in [2.45, 2.75) is 51.2 Å². The Morgan fingerprint density at radius 3 is 2.78 bits per heavy atom. The van der Waals surface area contributed by atoms with Crippen molar-refractivity contribution in [3.05, 3.63) is 35.4 Å². The van der Waals surface area contributed by atoms with Crippen LogP contribution in [-0.2, 0) is 11.2 Å². The van der Waals surface area contributed by atoms with Gasteiger partial charge < -0.3 is 4.74 Å². The molecule has 3 rings (SSSR count). The van der Waals surface area contributed by atoms with Gasteiger partial charge in [0.25, 0.3) is 0 Å². The van der Waals surface area contributed by atoms with E-state index in [1.807, 2.05) is 18.2 Å². The first-order valence-corrected chi connectivity index (χ1v) is 6.85. The highest BCUT2D eigenvalue weighted by Gasteiger charge is 2.37. The van der Waals surface area contributed by atoms with Gasteiger partial charge in [-0.2, -0.15) is 0 Å². The van der Waals surface area contributed by atoms with Crippen LogP contribution < -0.4 is 0 Å². The third-order valence-corrected chi connectivity index (χ3v) is 4.22. The summed E-state index contributed by atoms with van der Waals surface area (Å²) in [5.74, 6) is 0.459. The van der Waals surface area contributed by atoms with Crippen molar-refractivity contribution in [1.82, 2.24) is 0 Å². The van der Waals surface area contributed by atoms with Crippen molar-refractivity contribution in [2.24, 2.45) is 5.92 Å². The van der Waals surface area contributed by atoms with Gasteiger partial charge in [-0.15, -0.1) is 0 Å². The normalized spacial score (nSPS) is 29.6. The molecule has 0 N–H and O–H groups in total. The minimum absolute atomic E-state index is 0.000824. The Kier molecular flexibility index (Phi) is 2.78. The lowest BCUT2D eigenvalue weighted by atomic mass is 9.95. The number of carbonyl (C=O) groups excluding carboxylic acids is 1. The maximum atomic E-state index is 12.3. The SMILES string of the molecule is CC1(C)CCC(CC2Cc3ccccc3C2=O)O1. The van der Waals surface area contributed by atoms with Gasteiger partial charge in [-0.1, -0.05) is 24.3 Å². The predicted molar refractivity (Wildman–Crippen MR) is 70.8 cm³/mol. The highest BCUT2D eigenvalue weighted by Crippen LogP contribution is 2.36. The molecule has 96 valence electrons. The number of ether oxygens (including phenoxy) is 1. The Hall–Kier alpha value is -1.15. The smallest absolute Gasteiger partial charge is 0.166 e. The number of rotatable bonds is 2. The summed E-state index contributed by atoms with van der Waals surface area (Å²) in [5.41, 5.74) is 2.14. The Labute approximate surface area is 108 Å². The van der Waals surface area contributed by atoms with Crippen LogP contribution in [-0.4, -0.2) is 17.5 Å². The van der Waals surface area contributed by atoms with E-state index in [2.05, 4.69) is 19.9 Å². The van der Waals surface area contributed by atoms with Gasteiger partial charge in [0, 0.05) is 11.5 Å². The summed E-state index contributed by atoms with van der Waals surface area (Å²) in [7, 11) is 0. The molecule has 0 amide bonds. The Morgan fingerprint density at radius 1 is 1.33 bits per heavy atom. The van der Waals surface area contributed by atoms with E-state index < -0.39 is 0 Å². The van der Waals surface area contributed by atoms with Gasteiger partial charge in [0.05, 0.1) is 11.7 Å². The predicted octanol–water partition coefficient (Wildman–Crippen LogP) is 3.39. The van der Waals surface area contributed by atoms with E-state index in [-0.39, 0.29) is 17.6 Å². The molecule has 2 atom stereocenters. The first-order chi connectivity index (χ1) is 8.55. The fourth-order valence-corrected chi connectivity index (χ4v) is 3.27. The van der Waals surface area contributed by atoms with Gasteiger partial charge in [0.1, 0.15) is 0 Å². The average molecular weight is 244 g/mol. The molecule has 1 aromatic rings. The Bertz CT molecular complexity index is 476. The van der Waals surface area contributed by atoms with E-state index in [4.69, 9.17) is 4.74 Å². The van der Waals surface area contributed by atoms with Crippen molar-refractivity contribution in [1.29, 1.82) is 0 Å². The fourth-order valence-electron chi connectivity index (χ4n) is 3.27. The molecular weight excluding hydrogens is 224 g/mol. The zero-order valence-corrected chi connectivity index (χ0v) is 11.1. The van der Waals surface area contributed by atoms with Crippen molar-refractivity contribution >= 4 is 5.78 Å². The van der Waals surface area contributed by atoms with E-state index in [1.54, 1.807) is 0 Å². The number of carbonyl (C=O) groups is 1. The molecule has 1 aliphatic carbocycles. The molecule has 18 heavy (non-hydrogen) atoms. The molecular formula is C16H20O2. The lowest BCUT2D eigenvalue weighted by Gasteiger charge is -2.20. The molecule has 2 unspecified atom stereocenters. The van der Waals surface area contributed by atoms with Gasteiger partial charge in [-0.25, -0.2) is 0 Å². The van der Waals surface area contributed by atoms with Gasteiger partial charge in [0.15, 0.2) is 5.78 Å². The third-order valence-electron chi connectivity index (χ3n) is 4.22. The van der Waals surface area contributed by atoms with Crippen LogP contribution in [0.5, 0.6) is 0 Å². The van der Waals surface area contributed by atoms with Gasteiger partial charge in [-0.3, -0.25) is 4.79 Å². The number of Topliss-reactive ketones (excluding diaryl/α,β-unsaturated/α-hetero) is 1. The Balaban J connectivity index is 1.69. The Morgan fingerprint density at radius 2 is 2.11 bits per heavy atom. The quantitative estimate of drug-likeness (QED) is 0.797. The van der Waals surface area contributed by atoms with Crippen LogP contribution in [0.1, 0.15) is 49.0 Å². The van der Waals surface area contributed by atoms with Crippen LogP contribution in [0.2, 0.25) is 0 Å². The van der Waals surface area contributed by atoms with Gasteiger partial charge >= 0.3 is 0 Å². The van der Waals surface area contributed by atoms with Crippen molar-refractivity contribution in [2.75, 3.05) is 0 Å². The highest BCUT2D eigenvalue weighted by molar-refractivity contribution is 6.02. The maximum Gasteiger partial charge on any atom is 0.166 e. The van der Waals surface area contributed by atoms with Gasteiger partial charge in [0.2, 0.25) is 0 Å². The lowest BCUT2D eigenvalue weighted by Crippen LogP contribution is -2.23. The second kappa shape index (κ2) is 4.20. The van der Waals surface area contributed by atoms with Crippen molar-refractivity contribution in [3.63, 3.8) is 0 Å². The summed E-state index contributed by atoms with van der Waals surface area (Å²) in [5, 5.41) is 0. The summed E-state index contributed by atoms with van der Waals surface area (Å²) < 4.78 is 6.01. The number of benzene rings is 1. The summed E-state index contributed by atoms with van der Waals surface area (Å²) in [6.45, 7) is 4.27. The van der Waals surface area contributed by atoms with Crippen LogP contribution in [0.15, 0.2) is 24.3 Å². The van der Waals surface area contributed by atoms with Crippen LogP contribution in [0.25, 0.3) is 0 Å². The number of hydrogen-bond donors (Lipinski definition) is 0. The molecule has 1 fully saturated rings. The highest BCUT2D eigenvalue weighted by atomic mass is 16.5. The molecule has 0 radical (unpaired) electrons. The van der Waals surface area contributed by atoms with Crippen LogP contribution in [0, 0.1) is 5.92 Å². The second-order valence-corrected chi connectivity index (χ2v) is 6.20. The molecule has 1 heterocycles. The van der Waals surface area contributed by atoms with Crippen LogP contribution in [0.4, 0.5) is 0 Å². The molecule has 1 aliphatic heterocycles. The molecule has 1 saturated heterocycles. The van der Waals surface area contributed by atoms with E-state index in [0.29, 0.717) is 5.78 Å². The van der Waals surface area contributed by atoms with Crippen molar-refractivity contribution < 1.29 is 9.53 Å². The first-order valence-electron chi connectivity index (χ1n) is 6.85. The standard InChI is InChI=1S/C16H20O2/c1-16(2)8-7-13(18-16)10-12-9-11-5-3-4-6-14(11)15(12)17/h3-6,12-13H,7-10H2,1-2H3. The molecule has 1 aromatic carbocycles. The fraction of sp³-hybridized carbons (Fsp3) is 0.562. The van der Waals surface area contributed by atoms with E-state index >= 15 is 0 Å². The van der Waals surface area contributed by atoms with Crippen LogP contribution >= 0.6 is 0 Å².